The van der Waals surface area contributed by atoms with Crippen LogP contribution in [0.4, 0.5) is 5.69 Å². The average molecular weight is 362 g/mol. The van der Waals surface area contributed by atoms with Gasteiger partial charge in [-0.1, -0.05) is 18.2 Å². The summed E-state index contributed by atoms with van der Waals surface area (Å²) in [6, 6.07) is 13.8. The van der Waals surface area contributed by atoms with Crippen LogP contribution in [0.15, 0.2) is 60.0 Å². The van der Waals surface area contributed by atoms with Crippen molar-refractivity contribution in [2.45, 2.75) is 26.3 Å². The first-order chi connectivity index (χ1) is 11.8. The van der Waals surface area contributed by atoms with Gasteiger partial charge < -0.3 is 0 Å². The number of nitrogens with zero attached hydrogens (tertiary/aromatic N) is 3. The van der Waals surface area contributed by atoms with Crippen molar-refractivity contribution < 1.29 is 17.5 Å². The van der Waals surface area contributed by atoms with Gasteiger partial charge in [-0.05, 0) is 31.5 Å². The lowest BCUT2D eigenvalue weighted by Gasteiger charge is -2.14. The van der Waals surface area contributed by atoms with Gasteiger partial charge in [0.25, 0.3) is 10.1 Å². The molecule has 1 N–H and O–H groups in total. The van der Waals surface area contributed by atoms with E-state index in [-0.39, 0.29) is 5.75 Å². The molecule has 1 heterocycles. The predicted molar refractivity (Wildman–Crippen MR) is 99.3 cm³/mol. The lowest BCUT2D eigenvalue weighted by atomic mass is 10.2. The van der Waals surface area contributed by atoms with Crippen molar-refractivity contribution >= 4 is 21.5 Å². The SMILES string of the molecule is C/C(=N/N(C)c1ccccc1)c1ccc[n+](CCCCS(=O)(=O)O)c1. The van der Waals surface area contributed by atoms with E-state index in [1.807, 2.05) is 78.4 Å². The van der Waals surface area contributed by atoms with Gasteiger partial charge in [0.15, 0.2) is 12.4 Å². The maximum atomic E-state index is 10.7. The minimum atomic E-state index is -3.87. The van der Waals surface area contributed by atoms with Gasteiger partial charge in [0, 0.05) is 19.5 Å². The summed E-state index contributed by atoms with van der Waals surface area (Å²) < 4.78 is 32.2. The highest BCUT2D eigenvalue weighted by Gasteiger charge is 2.09. The number of pyridine rings is 1. The maximum absolute atomic E-state index is 10.7. The van der Waals surface area contributed by atoms with Crippen LogP contribution in [0, 0.1) is 0 Å². The van der Waals surface area contributed by atoms with Gasteiger partial charge in [-0.15, -0.1) is 0 Å². The van der Waals surface area contributed by atoms with Gasteiger partial charge in [-0.25, -0.2) is 4.57 Å². The predicted octanol–water partition coefficient (Wildman–Crippen LogP) is 2.50. The number of aromatic nitrogens is 1. The Morgan fingerprint density at radius 3 is 2.56 bits per heavy atom. The molecule has 0 aliphatic rings. The second-order valence-corrected chi connectivity index (χ2v) is 7.44. The van der Waals surface area contributed by atoms with Crippen LogP contribution in [0.5, 0.6) is 0 Å². The summed E-state index contributed by atoms with van der Waals surface area (Å²) in [4.78, 5) is 0. The van der Waals surface area contributed by atoms with E-state index in [0.717, 1.165) is 17.0 Å². The van der Waals surface area contributed by atoms with E-state index < -0.39 is 10.1 Å². The molecule has 25 heavy (non-hydrogen) atoms. The number of aryl methyl sites for hydroxylation is 1. The minimum absolute atomic E-state index is 0.199. The molecule has 0 saturated carbocycles. The van der Waals surface area contributed by atoms with Gasteiger partial charge in [0.05, 0.1) is 22.7 Å². The number of hydrogen-bond donors (Lipinski definition) is 1. The van der Waals surface area contributed by atoms with Gasteiger partial charge >= 0.3 is 0 Å². The lowest BCUT2D eigenvalue weighted by molar-refractivity contribution is -0.697. The minimum Gasteiger partial charge on any atom is -0.286 e. The van der Waals surface area contributed by atoms with Crippen LogP contribution in [0.3, 0.4) is 0 Å². The van der Waals surface area contributed by atoms with E-state index in [1.165, 1.54) is 0 Å². The van der Waals surface area contributed by atoms with Crippen molar-refractivity contribution in [3.8, 4) is 0 Å². The Hall–Kier alpha value is -2.25. The van der Waals surface area contributed by atoms with Crippen molar-refractivity contribution in [1.82, 2.24) is 0 Å². The molecule has 0 aliphatic heterocycles. The summed E-state index contributed by atoms with van der Waals surface area (Å²) in [6.45, 7) is 2.64. The quantitative estimate of drug-likeness (QED) is 0.257. The zero-order valence-corrected chi connectivity index (χ0v) is 15.4. The van der Waals surface area contributed by atoms with Crippen LogP contribution >= 0.6 is 0 Å². The molecule has 0 amide bonds. The molecule has 134 valence electrons. The van der Waals surface area contributed by atoms with Crippen molar-refractivity contribution in [3.63, 3.8) is 0 Å². The Morgan fingerprint density at radius 1 is 1.16 bits per heavy atom. The average Bonchev–Trinajstić information content (AvgIpc) is 2.59. The summed E-state index contributed by atoms with van der Waals surface area (Å²) in [6.07, 6.45) is 5.03. The Balaban J connectivity index is 2.01. The summed E-state index contributed by atoms with van der Waals surface area (Å²) in [5, 5.41) is 6.44. The van der Waals surface area contributed by atoms with Crippen molar-refractivity contribution in [3.05, 3.63) is 60.4 Å². The highest BCUT2D eigenvalue weighted by molar-refractivity contribution is 7.85. The third-order valence-electron chi connectivity index (χ3n) is 3.77. The van der Waals surface area contributed by atoms with Gasteiger partial charge in [-0.2, -0.15) is 13.5 Å². The number of para-hydroxylation sites is 1. The summed E-state index contributed by atoms with van der Waals surface area (Å²) in [5.41, 5.74) is 2.90. The fraction of sp³-hybridized carbons (Fsp3) is 0.333. The van der Waals surface area contributed by atoms with Crippen molar-refractivity contribution in [2.75, 3.05) is 17.8 Å². The van der Waals surface area contributed by atoms with Crippen LogP contribution in [-0.2, 0) is 16.7 Å². The molecule has 6 nitrogen and oxygen atoms in total. The first kappa shape index (κ1) is 19.1. The van der Waals surface area contributed by atoms with Crippen LogP contribution in [0.1, 0.15) is 25.3 Å². The summed E-state index contributed by atoms with van der Waals surface area (Å²) in [5.74, 6) is -0.199. The van der Waals surface area contributed by atoms with Gasteiger partial charge in [-0.3, -0.25) is 9.56 Å². The molecule has 0 radical (unpaired) electrons. The van der Waals surface area contributed by atoms with E-state index >= 15 is 0 Å². The normalized spacial score (nSPS) is 12.2. The largest absolute Gasteiger partial charge is 0.286 e. The Labute approximate surface area is 149 Å². The Kier molecular flexibility index (Phi) is 6.66. The van der Waals surface area contributed by atoms with Crippen LogP contribution in [0.2, 0.25) is 0 Å². The van der Waals surface area contributed by atoms with E-state index in [0.29, 0.717) is 19.4 Å². The maximum Gasteiger partial charge on any atom is 0.264 e. The molecule has 1 aromatic carbocycles. The molecule has 0 bridgehead atoms. The van der Waals surface area contributed by atoms with Crippen molar-refractivity contribution in [2.24, 2.45) is 5.10 Å². The van der Waals surface area contributed by atoms with E-state index in [9.17, 15) is 8.42 Å². The summed E-state index contributed by atoms with van der Waals surface area (Å²) >= 11 is 0. The Bertz CT molecular complexity index is 820. The smallest absolute Gasteiger partial charge is 0.264 e. The molecule has 0 fully saturated rings. The molecule has 0 spiro atoms. The van der Waals surface area contributed by atoms with E-state index in [4.69, 9.17) is 4.55 Å². The number of hydrogen-bond acceptors (Lipinski definition) is 4. The molecule has 0 saturated heterocycles. The zero-order chi connectivity index (χ0) is 18.3. The molecule has 2 rings (SSSR count). The number of anilines is 1. The number of unbranched alkanes of at least 4 members (excludes halogenated alkanes) is 1. The molecular weight excluding hydrogens is 338 g/mol. The highest BCUT2D eigenvalue weighted by atomic mass is 32.2. The number of rotatable bonds is 8. The molecule has 2 aromatic rings. The molecular formula is C18H24N3O3S+. The Morgan fingerprint density at radius 2 is 1.88 bits per heavy atom. The van der Waals surface area contributed by atoms with E-state index in [2.05, 4.69) is 5.10 Å². The third kappa shape index (κ3) is 6.64. The zero-order valence-electron chi connectivity index (χ0n) is 14.5. The molecule has 0 aliphatic carbocycles. The van der Waals surface area contributed by atoms with Crippen LogP contribution in [-0.4, -0.2) is 31.5 Å². The topological polar surface area (TPSA) is 73.8 Å². The monoisotopic (exact) mass is 362 g/mol. The second kappa shape index (κ2) is 8.73. The first-order valence-electron chi connectivity index (χ1n) is 8.14. The molecule has 1 aromatic heterocycles. The van der Waals surface area contributed by atoms with Gasteiger partial charge in [0.1, 0.15) is 6.54 Å². The van der Waals surface area contributed by atoms with E-state index in [1.54, 1.807) is 0 Å². The van der Waals surface area contributed by atoms with Crippen LogP contribution in [0.25, 0.3) is 0 Å². The molecule has 7 heteroatoms. The van der Waals surface area contributed by atoms with Crippen LogP contribution < -0.4 is 9.58 Å². The second-order valence-electron chi connectivity index (χ2n) is 5.87. The lowest BCUT2D eigenvalue weighted by Crippen LogP contribution is -2.34. The molecule has 0 atom stereocenters. The number of hydrazone groups is 1. The first-order valence-corrected chi connectivity index (χ1v) is 9.75. The number of benzene rings is 1. The van der Waals surface area contributed by atoms with Gasteiger partial charge in [0.2, 0.25) is 0 Å². The standard InChI is InChI=1S/C18H23N3O3S/c1-16(19-20(2)18-10-4-3-5-11-18)17-9-8-13-21(15-17)12-6-7-14-25(22,23)24/h3-5,8-11,13,15H,6-7,12,14H2,1-2H3/p+1/b19-16-. The third-order valence-corrected chi connectivity index (χ3v) is 4.58. The summed E-state index contributed by atoms with van der Waals surface area (Å²) in [7, 11) is -1.97. The van der Waals surface area contributed by atoms with Crippen molar-refractivity contribution in [1.29, 1.82) is 0 Å². The highest BCUT2D eigenvalue weighted by Crippen LogP contribution is 2.12. The fourth-order valence-corrected chi connectivity index (χ4v) is 3.01. The fourth-order valence-electron chi connectivity index (χ4n) is 2.44. The molecule has 0 unspecified atom stereocenters.